The van der Waals surface area contributed by atoms with Crippen molar-refractivity contribution in [1.29, 1.82) is 5.26 Å². The molecule has 3 aromatic carbocycles. The minimum atomic E-state index is -0.613. The minimum absolute atomic E-state index is 0.0544. The highest BCUT2D eigenvalue weighted by Gasteiger charge is 2.30. The zero-order valence-electron chi connectivity index (χ0n) is 21.9. The second-order valence-corrected chi connectivity index (χ2v) is 10.8. The number of rotatable bonds is 7. The molecule has 1 aromatic heterocycles. The SMILES string of the molecule is Cc1cc(C(C#N)c2ccc(Cl)cc2)c(Cl)cc1Nc1ncnc(N2CCN(c3cccc(Cl)c3)CC2)c1[N+](=O)[O-]. The predicted octanol–water partition coefficient (Wildman–Crippen LogP) is 7.38. The van der Waals surface area contributed by atoms with Gasteiger partial charge in [0.15, 0.2) is 0 Å². The van der Waals surface area contributed by atoms with Crippen LogP contribution in [0.3, 0.4) is 0 Å². The van der Waals surface area contributed by atoms with E-state index in [9.17, 15) is 15.4 Å². The highest BCUT2D eigenvalue weighted by atomic mass is 35.5. The van der Waals surface area contributed by atoms with Crippen molar-refractivity contribution in [2.75, 3.05) is 41.3 Å². The van der Waals surface area contributed by atoms with Crippen molar-refractivity contribution in [2.24, 2.45) is 0 Å². The number of nitrogens with zero attached hydrogens (tertiary/aromatic N) is 6. The van der Waals surface area contributed by atoms with Crippen molar-refractivity contribution in [3.8, 4) is 6.07 Å². The third-order valence-electron chi connectivity index (χ3n) is 6.98. The summed E-state index contributed by atoms with van der Waals surface area (Å²) in [6, 6.07) is 20.4. The molecular weight excluding hydrogens is 585 g/mol. The lowest BCUT2D eigenvalue weighted by Gasteiger charge is -2.36. The first-order valence-electron chi connectivity index (χ1n) is 12.7. The number of halogens is 3. The Balaban J connectivity index is 1.40. The summed E-state index contributed by atoms with van der Waals surface area (Å²) in [5, 5.41) is 26.8. The molecule has 1 fully saturated rings. The fourth-order valence-corrected chi connectivity index (χ4v) is 5.46. The number of hydrogen-bond acceptors (Lipinski definition) is 8. The quantitative estimate of drug-likeness (QED) is 0.171. The summed E-state index contributed by atoms with van der Waals surface area (Å²) in [6.07, 6.45) is 1.31. The van der Waals surface area contributed by atoms with Crippen LogP contribution in [-0.2, 0) is 0 Å². The average molecular weight is 609 g/mol. The summed E-state index contributed by atoms with van der Waals surface area (Å²) in [5.74, 6) is -0.317. The first-order valence-corrected chi connectivity index (χ1v) is 13.9. The molecule has 4 aromatic rings. The van der Waals surface area contributed by atoms with Crippen molar-refractivity contribution >= 4 is 63.5 Å². The zero-order chi connectivity index (χ0) is 29.1. The maximum Gasteiger partial charge on any atom is 0.353 e. The van der Waals surface area contributed by atoms with Gasteiger partial charge in [0.05, 0.1) is 16.9 Å². The molecule has 0 bridgehead atoms. The van der Waals surface area contributed by atoms with Gasteiger partial charge in [-0.3, -0.25) is 10.1 Å². The van der Waals surface area contributed by atoms with Gasteiger partial charge in [-0.15, -0.1) is 0 Å². The van der Waals surface area contributed by atoms with Crippen molar-refractivity contribution < 1.29 is 4.92 Å². The number of aromatic nitrogens is 2. The molecule has 5 rings (SSSR count). The Bertz CT molecular complexity index is 1630. The maximum absolute atomic E-state index is 12.3. The van der Waals surface area contributed by atoms with Gasteiger partial charge in [-0.05, 0) is 60.0 Å². The lowest BCUT2D eigenvalue weighted by atomic mass is 9.91. The van der Waals surface area contributed by atoms with Gasteiger partial charge in [0.1, 0.15) is 6.33 Å². The molecular formula is C29H24Cl3N7O2. The molecule has 1 N–H and O–H groups in total. The fraction of sp³-hybridized carbons (Fsp3) is 0.207. The lowest BCUT2D eigenvalue weighted by Crippen LogP contribution is -2.47. The molecule has 1 atom stereocenters. The number of hydrogen-bond donors (Lipinski definition) is 1. The third kappa shape index (κ3) is 6.15. The number of anilines is 4. The Kier molecular flexibility index (Phi) is 8.45. The van der Waals surface area contributed by atoms with E-state index in [1.54, 1.807) is 36.4 Å². The topological polar surface area (TPSA) is 111 Å². The van der Waals surface area contributed by atoms with Crippen molar-refractivity contribution in [3.63, 3.8) is 0 Å². The lowest BCUT2D eigenvalue weighted by molar-refractivity contribution is -0.383. The Morgan fingerprint density at radius 1 is 0.976 bits per heavy atom. The van der Waals surface area contributed by atoms with E-state index in [1.165, 1.54) is 6.33 Å². The Morgan fingerprint density at radius 2 is 1.68 bits per heavy atom. The van der Waals surface area contributed by atoms with Gasteiger partial charge in [0.2, 0.25) is 11.6 Å². The van der Waals surface area contributed by atoms with E-state index < -0.39 is 10.8 Å². The molecule has 1 aliphatic heterocycles. The van der Waals surface area contributed by atoms with Crippen molar-refractivity contribution in [1.82, 2.24) is 9.97 Å². The molecule has 9 nitrogen and oxygen atoms in total. The molecule has 0 saturated carbocycles. The third-order valence-corrected chi connectivity index (χ3v) is 7.79. The molecule has 12 heteroatoms. The van der Waals surface area contributed by atoms with Crippen LogP contribution in [0.5, 0.6) is 0 Å². The number of nitrogens with one attached hydrogen (secondary N) is 1. The van der Waals surface area contributed by atoms with Crippen LogP contribution < -0.4 is 15.1 Å². The monoisotopic (exact) mass is 607 g/mol. The normalized spacial score (nSPS) is 13.9. The first-order chi connectivity index (χ1) is 19.7. The number of nitro groups is 1. The van der Waals surface area contributed by atoms with Crippen LogP contribution in [0.1, 0.15) is 22.6 Å². The molecule has 0 aliphatic carbocycles. The van der Waals surface area contributed by atoms with E-state index in [1.807, 2.05) is 36.1 Å². The zero-order valence-corrected chi connectivity index (χ0v) is 24.2. The van der Waals surface area contributed by atoms with Gasteiger partial charge in [-0.1, -0.05) is 59.1 Å². The fourth-order valence-electron chi connectivity index (χ4n) is 4.88. The van der Waals surface area contributed by atoms with Crippen LogP contribution in [0.25, 0.3) is 0 Å². The van der Waals surface area contributed by atoms with E-state index in [4.69, 9.17) is 34.8 Å². The molecule has 1 aliphatic rings. The molecule has 1 saturated heterocycles. The summed E-state index contributed by atoms with van der Waals surface area (Å²) < 4.78 is 0. The van der Waals surface area contributed by atoms with Crippen molar-refractivity contribution in [2.45, 2.75) is 12.8 Å². The first kappa shape index (κ1) is 28.4. The smallest absolute Gasteiger partial charge is 0.353 e. The second-order valence-electron chi connectivity index (χ2n) is 9.53. The molecule has 0 amide bonds. The summed E-state index contributed by atoms with van der Waals surface area (Å²) in [5.41, 5.74) is 3.43. The van der Waals surface area contributed by atoms with E-state index in [2.05, 4.69) is 26.3 Å². The van der Waals surface area contributed by atoms with Crippen LogP contribution >= 0.6 is 34.8 Å². The predicted molar refractivity (Wildman–Crippen MR) is 163 cm³/mol. The average Bonchev–Trinajstić information content (AvgIpc) is 2.96. The standard InChI is InChI=1S/C29H24Cl3N7O2/c1-18-13-23(24(16-33)19-5-7-20(30)8-6-19)25(32)15-26(18)36-28-27(39(40)41)29(35-17-34-28)38-11-9-37(10-12-38)22-4-2-3-21(31)14-22/h2-8,13-15,17,24H,9-12H2,1H3,(H,34,35,36). The summed E-state index contributed by atoms with van der Waals surface area (Å²) in [7, 11) is 0. The van der Waals surface area contributed by atoms with E-state index in [0.717, 1.165) is 16.8 Å². The maximum atomic E-state index is 12.3. The summed E-state index contributed by atoms with van der Waals surface area (Å²) >= 11 is 18.8. The van der Waals surface area contributed by atoms with Gasteiger partial charge < -0.3 is 15.1 Å². The van der Waals surface area contributed by atoms with Gasteiger partial charge >= 0.3 is 5.69 Å². The van der Waals surface area contributed by atoms with Gasteiger partial charge in [-0.2, -0.15) is 5.26 Å². The molecule has 41 heavy (non-hydrogen) atoms. The summed E-state index contributed by atoms with van der Waals surface area (Å²) in [4.78, 5) is 24.4. The largest absolute Gasteiger partial charge is 0.368 e. The van der Waals surface area contributed by atoms with Crippen LogP contribution in [0.2, 0.25) is 15.1 Å². The number of aryl methyl sites for hydroxylation is 1. The van der Waals surface area contributed by atoms with Gasteiger partial charge in [0.25, 0.3) is 0 Å². The van der Waals surface area contributed by atoms with Gasteiger partial charge in [-0.25, -0.2) is 9.97 Å². The van der Waals surface area contributed by atoms with Crippen LogP contribution in [0.15, 0.2) is 67.0 Å². The van der Waals surface area contributed by atoms with E-state index in [0.29, 0.717) is 52.5 Å². The van der Waals surface area contributed by atoms with Crippen LogP contribution in [0.4, 0.5) is 28.7 Å². The highest BCUT2D eigenvalue weighted by molar-refractivity contribution is 6.32. The Hall–Kier alpha value is -4.10. The molecule has 0 radical (unpaired) electrons. The molecule has 2 heterocycles. The molecule has 1 unspecified atom stereocenters. The number of nitriles is 1. The Labute approximate surface area is 252 Å². The van der Waals surface area contributed by atoms with Crippen LogP contribution in [0, 0.1) is 28.4 Å². The van der Waals surface area contributed by atoms with Crippen molar-refractivity contribution in [3.05, 3.63) is 109 Å². The number of benzene rings is 3. The van der Waals surface area contributed by atoms with E-state index in [-0.39, 0.29) is 17.3 Å². The molecule has 208 valence electrons. The Morgan fingerprint density at radius 3 is 2.34 bits per heavy atom. The number of piperazine rings is 1. The molecule has 0 spiro atoms. The highest BCUT2D eigenvalue weighted by Crippen LogP contribution is 2.38. The van der Waals surface area contributed by atoms with Crippen LogP contribution in [-0.4, -0.2) is 41.1 Å². The van der Waals surface area contributed by atoms with E-state index >= 15 is 0 Å². The minimum Gasteiger partial charge on any atom is -0.368 e. The second kappa shape index (κ2) is 12.2. The van der Waals surface area contributed by atoms with Gasteiger partial charge in [0, 0.05) is 52.6 Å². The summed E-state index contributed by atoms with van der Waals surface area (Å²) in [6.45, 7) is 4.19.